The zero-order chi connectivity index (χ0) is 24.6. The third-order valence-electron chi connectivity index (χ3n) is 5.04. The molecule has 0 aliphatic carbocycles. The lowest BCUT2D eigenvalue weighted by Gasteiger charge is -2.13. The monoisotopic (exact) mass is 487 g/mol. The van der Waals surface area contributed by atoms with E-state index in [0.717, 1.165) is 16.3 Å². The Morgan fingerprint density at radius 2 is 1.91 bits per heavy atom. The SMILES string of the molecule is Cc1nc(COc2cccc(/C=C/C(=O)Nc3cccc(NC(=O)C(C)n4cccn4)c3)c2)cs1. The molecule has 35 heavy (non-hydrogen) atoms. The molecule has 0 aliphatic heterocycles. The van der Waals surface area contributed by atoms with Crippen LogP contribution in [0.2, 0.25) is 0 Å². The zero-order valence-corrected chi connectivity index (χ0v) is 20.2. The molecule has 1 atom stereocenters. The number of hydrogen-bond acceptors (Lipinski definition) is 6. The van der Waals surface area contributed by atoms with Gasteiger partial charge in [-0.25, -0.2) is 4.98 Å². The maximum Gasteiger partial charge on any atom is 0.248 e. The molecule has 0 radical (unpaired) electrons. The van der Waals surface area contributed by atoms with E-state index >= 15 is 0 Å². The number of nitrogens with zero attached hydrogens (tertiary/aromatic N) is 3. The Labute approximate surface area is 207 Å². The Morgan fingerprint density at radius 1 is 1.11 bits per heavy atom. The van der Waals surface area contributed by atoms with Gasteiger partial charge >= 0.3 is 0 Å². The maximum absolute atomic E-state index is 12.5. The first-order valence-corrected chi connectivity index (χ1v) is 11.9. The van der Waals surface area contributed by atoms with Crippen LogP contribution in [0.4, 0.5) is 11.4 Å². The summed E-state index contributed by atoms with van der Waals surface area (Å²) in [7, 11) is 0. The second-order valence-corrected chi connectivity index (χ2v) is 8.84. The van der Waals surface area contributed by atoms with Crippen molar-refractivity contribution in [2.24, 2.45) is 0 Å². The third kappa shape index (κ3) is 6.87. The zero-order valence-electron chi connectivity index (χ0n) is 19.3. The molecule has 0 spiro atoms. The number of aryl methyl sites for hydroxylation is 1. The van der Waals surface area contributed by atoms with Crippen LogP contribution in [0.15, 0.2) is 78.4 Å². The van der Waals surface area contributed by atoms with Gasteiger partial charge in [-0.2, -0.15) is 5.10 Å². The summed E-state index contributed by atoms with van der Waals surface area (Å²) in [6, 6.07) is 15.8. The second kappa shape index (κ2) is 11.3. The minimum absolute atomic E-state index is 0.205. The molecular formula is C26H25N5O3S. The predicted octanol–water partition coefficient (Wildman–Crippen LogP) is 5.08. The number of carbonyl (C=O) groups is 2. The lowest BCUT2D eigenvalue weighted by atomic mass is 10.2. The molecule has 0 bridgehead atoms. The van der Waals surface area contributed by atoms with E-state index in [0.29, 0.717) is 23.7 Å². The number of amides is 2. The second-order valence-electron chi connectivity index (χ2n) is 7.77. The van der Waals surface area contributed by atoms with Crippen molar-refractivity contribution < 1.29 is 14.3 Å². The van der Waals surface area contributed by atoms with Crippen molar-refractivity contribution >= 4 is 40.6 Å². The van der Waals surface area contributed by atoms with Gasteiger partial charge in [-0.1, -0.05) is 18.2 Å². The van der Waals surface area contributed by atoms with Crippen molar-refractivity contribution in [3.8, 4) is 5.75 Å². The van der Waals surface area contributed by atoms with Gasteiger partial charge in [-0.3, -0.25) is 14.3 Å². The van der Waals surface area contributed by atoms with E-state index in [2.05, 4.69) is 20.7 Å². The molecule has 4 rings (SSSR count). The average Bonchev–Trinajstić information content (AvgIpc) is 3.53. The van der Waals surface area contributed by atoms with Crippen LogP contribution in [-0.2, 0) is 16.2 Å². The molecule has 0 saturated carbocycles. The van der Waals surface area contributed by atoms with Gasteiger partial charge in [0, 0.05) is 35.2 Å². The number of aromatic nitrogens is 3. The largest absolute Gasteiger partial charge is 0.487 e. The Kier molecular flexibility index (Phi) is 7.69. The first-order chi connectivity index (χ1) is 17.0. The van der Waals surface area contributed by atoms with Crippen molar-refractivity contribution in [1.29, 1.82) is 0 Å². The molecule has 0 saturated heterocycles. The fraction of sp³-hybridized carbons (Fsp3) is 0.154. The minimum atomic E-state index is -0.462. The number of nitrogens with one attached hydrogen (secondary N) is 2. The molecule has 2 aromatic carbocycles. The van der Waals surface area contributed by atoms with Crippen LogP contribution in [0.3, 0.4) is 0 Å². The molecule has 4 aromatic rings. The highest BCUT2D eigenvalue weighted by Gasteiger charge is 2.15. The molecule has 2 amide bonds. The van der Waals surface area contributed by atoms with Gasteiger partial charge in [0.2, 0.25) is 11.8 Å². The fourth-order valence-corrected chi connectivity index (χ4v) is 3.84. The average molecular weight is 488 g/mol. The quantitative estimate of drug-likeness (QED) is 0.321. The van der Waals surface area contributed by atoms with E-state index in [1.54, 1.807) is 71.7 Å². The maximum atomic E-state index is 12.5. The highest BCUT2D eigenvalue weighted by atomic mass is 32.1. The molecule has 1 unspecified atom stereocenters. The van der Waals surface area contributed by atoms with E-state index in [9.17, 15) is 9.59 Å². The topological polar surface area (TPSA) is 98.1 Å². The number of carbonyl (C=O) groups excluding carboxylic acids is 2. The number of hydrogen-bond donors (Lipinski definition) is 2. The molecule has 0 fully saturated rings. The molecule has 8 nitrogen and oxygen atoms in total. The van der Waals surface area contributed by atoms with Crippen molar-refractivity contribution in [3.63, 3.8) is 0 Å². The molecule has 2 heterocycles. The Balaban J connectivity index is 1.32. The Morgan fingerprint density at radius 3 is 2.66 bits per heavy atom. The number of thiazole rings is 1. The van der Waals surface area contributed by atoms with E-state index in [1.807, 2.05) is 36.6 Å². The summed E-state index contributed by atoms with van der Waals surface area (Å²) in [4.78, 5) is 29.3. The van der Waals surface area contributed by atoms with E-state index in [4.69, 9.17) is 4.74 Å². The fourth-order valence-electron chi connectivity index (χ4n) is 3.25. The summed E-state index contributed by atoms with van der Waals surface area (Å²) < 4.78 is 7.38. The number of ether oxygens (including phenoxy) is 1. The lowest BCUT2D eigenvalue weighted by Crippen LogP contribution is -2.24. The number of benzene rings is 2. The molecule has 9 heteroatoms. The Hall–Kier alpha value is -4.24. The van der Waals surface area contributed by atoms with Crippen LogP contribution in [0.5, 0.6) is 5.75 Å². The molecular weight excluding hydrogens is 462 g/mol. The van der Waals surface area contributed by atoms with Crippen LogP contribution in [0.25, 0.3) is 6.08 Å². The number of anilines is 2. The first kappa shape index (κ1) is 23.9. The summed E-state index contributed by atoms with van der Waals surface area (Å²) in [6.07, 6.45) is 6.53. The summed E-state index contributed by atoms with van der Waals surface area (Å²) in [6.45, 7) is 4.12. The highest BCUT2D eigenvalue weighted by Crippen LogP contribution is 2.19. The lowest BCUT2D eigenvalue weighted by molar-refractivity contribution is -0.119. The molecule has 178 valence electrons. The minimum Gasteiger partial charge on any atom is -0.487 e. The van der Waals surface area contributed by atoms with Crippen molar-refractivity contribution in [2.75, 3.05) is 10.6 Å². The van der Waals surface area contributed by atoms with Gasteiger partial charge in [0.05, 0.1) is 10.7 Å². The van der Waals surface area contributed by atoms with Crippen molar-refractivity contribution in [2.45, 2.75) is 26.5 Å². The molecule has 0 aliphatic rings. The van der Waals surface area contributed by atoms with Gasteiger partial charge in [0.25, 0.3) is 0 Å². The predicted molar refractivity (Wildman–Crippen MR) is 137 cm³/mol. The van der Waals surface area contributed by atoms with Crippen LogP contribution in [0.1, 0.15) is 29.2 Å². The van der Waals surface area contributed by atoms with E-state index in [-0.39, 0.29) is 11.8 Å². The van der Waals surface area contributed by atoms with Gasteiger partial charge in [0.15, 0.2) is 0 Å². The van der Waals surface area contributed by atoms with Gasteiger partial charge in [-0.15, -0.1) is 11.3 Å². The number of rotatable bonds is 9. The Bertz CT molecular complexity index is 1330. The molecule has 2 aromatic heterocycles. The van der Waals surface area contributed by atoms with Crippen LogP contribution < -0.4 is 15.4 Å². The normalized spacial score (nSPS) is 11.8. The smallest absolute Gasteiger partial charge is 0.248 e. The van der Waals surface area contributed by atoms with E-state index < -0.39 is 6.04 Å². The van der Waals surface area contributed by atoms with E-state index in [1.165, 1.54) is 6.08 Å². The highest BCUT2D eigenvalue weighted by molar-refractivity contribution is 7.09. The van der Waals surface area contributed by atoms with Gasteiger partial charge in [-0.05, 0) is 61.9 Å². The standard InChI is InChI=1S/C26H25N5O3S/c1-18(31-13-5-12-27-31)26(33)30-22-8-4-7-21(15-22)29-25(32)11-10-20-6-3-9-24(14-20)34-16-23-17-35-19(2)28-23/h3-15,17-18H,16H2,1-2H3,(H,29,32)(H,30,33)/b11-10+. The summed E-state index contributed by atoms with van der Waals surface area (Å²) in [5.74, 6) is 0.206. The summed E-state index contributed by atoms with van der Waals surface area (Å²) >= 11 is 1.59. The summed E-state index contributed by atoms with van der Waals surface area (Å²) in [5, 5.41) is 12.7. The third-order valence-corrected chi connectivity index (χ3v) is 5.86. The van der Waals surface area contributed by atoms with Gasteiger partial charge < -0.3 is 15.4 Å². The van der Waals surface area contributed by atoms with Crippen LogP contribution in [0, 0.1) is 6.92 Å². The van der Waals surface area contributed by atoms with Crippen LogP contribution in [-0.4, -0.2) is 26.6 Å². The van der Waals surface area contributed by atoms with Crippen molar-refractivity contribution in [1.82, 2.24) is 14.8 Å². The van der Waals surface area contributed by atoms with Crippen LogP contribution >= 0.6 is 11.3 Å². The summed E-state index contributed by atoms with van der Waals surface area (Å²) in [5.41, 5.74) is 2.87. The first-order valence-electron chi connectivity index (χ1n) is 11.0. The molecule has 2 N–H and O–H groups in total. The van der Waals surface area contributed by atoms with Gasteiger partial charge in [0.1, 0.15) is 18.4 Å². The van der Waals surface area contributed by atoms with Crippen molar-refractivity contribution in [3.05, 3.63) is 94.7 Å².